The first-order chi connectivity index (χ1) is 9.97. The summed E-state index contributed by atoms with van der Waals surface area (Å²) in [6.45, 7) is 5.44. The number of carbonyl (C=O) groups is 1. The SMILES string of the molecule is CCCCC(CN)NC(=O)CN(C)Cc1nnc(C)n1C.Cl.Cl. The van der Waals surface area contributed by atoms with Crippen molar-refractivity contribution in [3.63, 3.8) is 0 Å². The molecule has 0 aliphatic heterocycles. The van der Waals surface area contributed by atoms with Crippen LogP contribution in [-0.2, 0) is 18.4 Å². The molecule has 1 aromatic rings. The van der Waals surface area contributed by atoms with E-state index in [-0.39, 0.29) is 36.8 Å². The van der Waals surface area contributed by atoms with E-state index in [0.29, 0.717) is 19.6 Å². The molecule has 0 aliphatic rings. The molecule has 1 unspecified atom stereocenters. The molecule has 136 valence electrons. The minimum absolute atomic E-state index is 0. The van der Waals surface area contributed by atoms with Crippen molar-refractivity contribution in [1.29, 1.82) is 0 Å². The van der Waals surface area contributed by atoms with Crippen molar-refractivity contribution in [1.82, 2.24) is 25.0 Å². The van der Waals surface area contributed by atoms with Crippen molar-refractivity contribution in [2.75, 3.05) is 20.1 Å². The Kier molecular flexibility index (Phi) is 13.3. The van der Waals surface area contributed by atoms with Crippen molar-refractivity contribution in [3.05, 3.63) is 11.6 Å². The normalized spacial score (nSPS) is 11.6. The summed E-state index contributed by atoms with van der Waals surface area (Å²) in [5.41, 5.74) is 5.69. The number of aryl methyl sites for hydroxylation is 1. The summed E-state index contributed by atoms with van der Waals surface area (Å²) in [6, 6.07) is 0.0722. The van der Waals surface area contributed by atoms with E-state index in [1.807, 2.05) is 30.5 Å². The average Bonchev–Trinajstić information content (AvgIpc) is 2.75. The first kappa shape index (κ1) is 24.4. The molecule has 3 N–H and O–H groups in total. The van der Waals surface area contributed by atoms with Crippen LogP contribution in [0.3, 0.4) is 0 Å². The van der Waals surface area contributed by atoms with Crippen LogP contribution in [-0.4, -0.2) is 51.8 Å². The minimum Gasteiger partial charge on any atom is -0.351 e. The minimum atomic E-state index is 0. The van der Waals surface area contributed by atoms with Gasteiger partial charge in [0, 0.05) is 19.6 Å². The summed E-state index contributed by atoms with van der Waals surface area (Å²) < 4.78 is 1.93. The van der Waals surface area contributed by atoms with Crippen molar-refractivity contribution in [3.8, 4) is 0 Å². The Bertz CT molecular complexity index is 454. The van der Waals surface area contributed by atoms with Gasteiger partial charge in [-0.2, -0.15) is 0 Å². The molecule has 0 saturated carbocycles. The van der Waals surface area contributed by atoms with Crippen LogP contribution in [0.5, 0.6) is 0 Å². The number of nitrogens with zero attached hydrogens (tertiary/aromatic N) is 4. The number of nitrogens with one attached hydrogen (secondary N) is 1. The second kappa shape index (κ2) is 12.5. The van der Waals surface area contributed by atoms with E-state index in [1.165, 1.54) is 0 Å². The number of hydrogen-bond donors (Lipinski definition) is 2. The molecule has 1 heterocycles. The van der Waals surface area contributed by atoms with Crippen molar-refractivity contribution >= 4 is 30.7 Å². The molecule has 1 amide bonds. The Labute approximate surface area is 151 Å². The van der Waals surface area contributed by atoms with Crippen LogP contribution in [0.4, 0.5) is 0 Å². The Balaban J connectivity index is 0. The molecule has 0 bridgehead atoms. The topological polar surface area (TPSA) is 89.1 Å². The largest absolute Gasteiger partial charge is 0.351 e. The van der Waals surface area contributed by atoms with Gasteiger partial charge < -0.3 is 15.6 Å². The molecule has 0 fully saturated rings. The fraction of sp³-hybridized carbons (Fsp3) is 0.786. The number of hydrogen-bond acceptors (Lipinski definition) is 5. The van der Waals surface area contributed by atoms with E-state index < -0.39 is 0 Å². The van der Waals surface area contributed by atoms with E-state index in [0.717, 1.165) is 30.9 Å². The third-order valence-electron chi connectivity index (χ3n) is 3.56. The van der Waals surface area contributed by atoms with Crippen molar-refractivity contribution < 1.29 is 4.79 Å². The van der Waals surface area contributed by atoms with Gasteiger partial charge in [0.1, 0.15) is 11.6 Å². The number of amides is 1. The van der Waals surface area contributed by atoms with Gasteiger partial charge in [-0.25, -0.2) is 0 Å². The molecule has 23 heavy (non-hydrogen) atoms. The molecule has 1 atom stereocenters. The lowest BCUT2D eigenvalue weighted by molar-refractivity contribution is -0.122. The maximum Gasteiger partial charge on any atom is 0.234 e. The molecule has 0 saturated heterocycles. The maximum absolute atomic E-state index is 12.0. The number of carbonyl (C=O) groups excluding carboxylic acids is 1. The van der Waals surface area contributed by atoms with E-state index >= 15 is 0 Å². The summed E-state index contributed by atoms with van der Waals surface area (Å²) in [6.07, 6.45) is 3.12. The monoisotopic (exact) mass is 368 g/mol. The second-order valence-electron chi connectivity index (χ2n) is 5.54. The van der Waals surface area contributed by atoms with Gasteiger partial charge in [0.25, 0.3) is 0 Å². The number of halogens is 2. The highest BCUT2D eigenvalue weighted by molar-refractivity contribution is 5.85. The summed E-state index contributed by atoms with van der Waals surface area (Å²) in [5.74, 6) is 1.72. The summed E-state index contributed by atoms with van der Waals surface area (Å²) in [5, 5.41) is 11.1. The Morgan fingerprint density at radius 2 is 2.04 bits per heavy atom. The highest BCUT2D eigenvalue weighted by Crippen LogP contribution is 2.02. The Morgan fingerprint density at radius 3 is 2.52 bits per heavy atom. The molecular formula is C14H30Cl2N6O. The second-order valence-corrected chi connectivity index (χ2v) is 5.54. The van der Waals surface area contributed by atoms with Gasteiger partial charge in [-0.15, -0.1) is 35.0 Å². The van der Waals surface area contributed by atoms with Gasteiger partial charge in [-0.05, 0) is 20.4 Å². The summed E-state index contributed by atoms with van der Waals surface area (Å²) >= 11 is 0. The first-order valence-corrected chi connectivity index (χ1v) is 7.50. The van der Waals surface area contributed by atoms with Gasteiger partial charge in [0.15, 0.2) is 0 Å². The third kappa shape index (κ3) is 8.50. The van der Waals surface area contributed by atoms with Gasteiger partial charge in [-0.3, -0.25) is 9.69 Å². The lowest BCUT2D eigenvalue weighted by Crippen LogP contribution is -2.44. The number of rotatable bonds is 9. The lowest BCUT2D eigenvalue weighted by atomic mass is 10.1. The fourth-order valence-corrected chi connectivity index (χ4v) is 2.10. The fourth-order valence-electron chi connectivity index (χ4n) is 2.10. The van der Waals surface area contributed by atoms with Crippen molar-refractivity contribution in [2.24, 2.45) is 12.8 Å². The van der Waals surface area contributed by atoms with Crippen LogP contribution in [0, 0.1) is 6.92 Å². The highest BCUT2D eigenvalue weighted by Gasteiger charge is 2.14. The first-order valence-electron chi connectivity index (χ1n) is 7.50. The molecule has 7 nitrogen and oxygen atoms in total. The van der Waals surface area contributed by atoms with Crippen LogP contribution in [0.25, 0.3) is 0 Å². The quantitative estimate of drug-likeness (QED) is 0.679. The average molecular weight is 369 g/mol. The molecule has 0 spiro atoms. The van der Waals surface area contributed by atoms with Crippen LogP contribution >= 0.6 is 24.8 Å². The van der Waals surface area contributed by atoms with E-state index in [2.05, 4.69) is 22.4 Å². The van der Waals surface area contributed by atoms with Crippen LogP contribution in [0.2, 0.25) is 0 Å². The molecule has 9 heteroatoms. The predicted octanol–water partition coefficient (Wildman–Crippen LogP) is 1.03. The molecule has 0 aromatic carbocycles. The highest BCUT2D eigenvalue weighted by atomic mass is 35.5. The van der Waals surface area contributed by atoms with Gasteiger partial charge in [-0.1, -0.05) is 19.8 Å². The van der Waals surface area contributed by atoms with E-state index in [4.69, 9.17) is 5.73 Å². The molecule has 0 radical (unpaired) electrons. The number of unbranched alkanes of at least 4 members (excludes halogenated alkanes) is 1. The molecular weight excluding hydrogens is 339 g/mol. The number of nitrogens with two attached hydrogens (primary N) is 1. The Hall–Kier alpha value is -0.890. The van der Waals surface area contributed by atoms with E-state index in [9.17, 15) is 4.79 Å². The summed E-state index contributed by atoms with van der Waals surface area (Å²) in [4.78, 5) is 13.9. The lowest BCUT2D eigenvalue weighted by Gasteiger charge is -2.20. The molecule has 0 aliphatic carbocycles. The van der Waals surface area contributed by atoms with Gasteiger partial charge >= 0.3 is 0 Å². The predicted molar refractivity (Wildman–Crippen MR) is 97.1 cm³/mol. The van der Waals surface area contributed by atoms with Gasteiger partial charge in [0.05, 0.1) is 13.1 Å². The summed E-state index contributed by atoms with van der Waals surface area (Å²) in [7, 11) is 3.82. The smallest absolute Gasteiger partial charge is 0.234 e. The number of likely N-dealkylation sites (N-methyl/N-ethyl adjacent to an activating group) is 1. The van der Waals surface area contributed by atoms with Gasteiger partial charge in [0.2, 0.25) is 5.91 Å². The zero-order valence-corrected chi connectivity index (χ0v) is 16.0. The maximum atomic E-state index is 12.0. The van der Waals surface area contributed by atoms with Crippen LogP contribution in [0.15, 0.2) is 0 Å². The van der Waals surface area contributed by atoms with E-state index in [1.54, 1.807) is 0 Å². The van der Waals surface area contributed by atoms with Crippen LogP contribution < -0.4 is 11.1 Å². The van der Waals surface area contributed by atoms with Crippen molar-refractivity contribution in [2.45, 2.75) is 45.7 Å². The standard InChI is InChI=1S/C14H28N6O.2ClH/c1-5-6-7-12(8-15)16-14(21)10-19(3)9-13-18-17-11(2)20(13)4;;/h12H,5-10,15H2,1-4H3,(H,16,21);2*1H. The molecule has 1 aromatic heterocycles. The Morgan fingerprint density at radius 1 is 1.39 bits per heavy atom. The zero-order valence-electron chi connectivity index (χ0n) is 14.4. The molecule has 1 rings (SSSR count). The number of aromatic nitrogens is 3. The third-order valence-corrected chi connectivity index (χ3v) is 3.56. The zero-order chi connectivity index (χ0) is 15.8. The van der Waals surface area contributed by atoms with Crippen LogP contribution in [0.1, 0.15) is 37.8 Å².